The van der Waals surface area contributed by atoms with Gasteiger partial charge in [0.25, 0.3) is 0 Å². The summed E-state index contributed by atoms with van der Waals surface area (Å²) >= 11 is 1.61. The molecule has 0 unspecified atom stereocenters. The van der Waals surface area contributed by atoms with Gasteiger partial charge in [-0.1, -0.05) is 45.2 Å². The van der Waals surface area contributed by atoms with Gasteiger partial charge in [-0.05, 0) is 47.7 Å². The lowest BCUT2D eigenvalue weighted by molar-refractivity contribution is 0.857. The molecule has 2 heteroatoms. The molecule has 0 heterocycles. The van der Waals surface area contributed by atoms with Crippen molar-refractivity contribution in [3.63, 3.8) is 0 Å². The molecular weight excluding hydrogens is 214 g/mol. The minimum Gasteiger partial charge on any atom is -0.263 e. The van der Waals surface area contributed by atoms with Crippen molar-refractivity contribution in [2.45, 2.75) is 18.7 Å². The zero-order chi connectivity index (χ0) is 12.1. The predicted octanol–water partition coefficient (Wildman–Crippen LogP) is 4.23. The molecule has 1 rings (SSSR count). The van der Waals surface area contributed by atoms with Gasteiger partial charge in [-0.2, -0.15) is 0 Å². The fourth-order valence-corrected chi connectivity index (χ4v) is 2.11. The van der Waals surface area contributed by atoms with Crippen LogP contribution in [-0.4, -0.2) is 7.05 Å². The first-order chi connectivity index (χ1) is 7.60. The fraction of sp³-hybridized carbons (Fsp3) is 0.286. The SMILES string of the molecule is C=Cc1ccc(C(=C)C(C)C)cc1SNC. The molecule has 0 fully saturated rings. The molecule has 1 aromatic carbocycles. The van der Waals surface area contributed by atoms with Crippen LogP contribution in [0.3, 0.4) is 0 Å². The Balaban J connectivity index is 3.11. The summed E-state index contributed by atoms with van der Waals surface area (Å²) in [6.45, 7) is 12.3. The maximum atomic E-state index is 4.13. The molecule has 1 nitrogen and oxygen atoms in total. The molecule has 0 atom stereocenters. The van der Waals surface area contributed by atoms with Gasteiger partial charge in [0.15, 0.2) is 0 Å². The largest absolute Gasteiger partial charge is 0.263 e. The maximum absolute atomic E-state index is 4.13. The monoisotopic (exact) mass is 233 g/mol. The summed E-state index contributed by atoms with van der Waals surface area (Å²) in [4.78, 5) is 1.19. The standard InChI is InChI=1S/C14H19NS/c1-6-12-7-8-13(11(4)10(2)3)9-14(12)16-15-5/h6-10,15H,1,4H2,2-3,5H3. The van der Waals surface area contributed by atoms with E-state index in [0.717, 1.165) is 5.56 Å². The Hall–Kier alpha value is -0.990. The van der Waals surface area contributed by atoms with Crippen molar-refractivity contribution < 1.29 is 0 Å². The van der Waals surface area contributed by atoms with E-state index >= 15 is 0 Å². The molecule has 1 N–H and O–H groups in total. The van der Waals surface area contributed by atoms with E-state index in [1.165, 1.54) is 16.0 Å². The van der Waals surface area contributed by atoms with Crippen LogP contribution in [0.25, 0.3) is 11.6 Å². The highest BCUT2D eigenvalue weighted by Gasteiger charge is 2.07. The van der Waals surface area contributed by atoms with Crippen molar-refractivity contribution >= 4 is 23.6 Å². The topological polar surface area (TPSA) is 12.0 Å². The molecule has 86 valence electrons. The summed E-state index contributed by atoms with van der Waals surface area (Å²) in [7, 11) is 1.92. The van der Waals surface area contributed by atoms with Crippen LogP contribution in [0, 0.1) is 5.92 Å². The lowest BCUT2D eigenvalue weighted by Crippen LogP contribution is -1.96. The summed E-state index contributed by atoms with van der Waals surface area (Å²) in [6.07, 6.45) is 1.88. The van der Waals surface area contributed by atoms with Gasteiger partial charge in [0, 0.05) is 4.90 Å². The van der Waals surface area contributed by atoms with Gasteiger partial charge in [0.1, 0.15) is 0 Å². The van der Waals surface area contributed by atoms with Crippen LogP contribution in [-0.2, 0) is 0 Å². The van der Waals surface area contributed by atoms with Crippen LogP contribution < -0.4 is 4.72 Å². The lowest BCUT2D eigenvalue weighted by Gasteiger charge is -2.12. The average molecular weight is 233 g/mol. The van der Waals surface area contributed by atoms with Gasteiger partial charge in [-0.15, -0.1) is 0 Å². The Kier molecular flexibility index (Phi) is 4.84. The van der Waals surface area contributed by atoms with Crippen LogP contribution in [0.2, 0.25) is 0 Å². The van der Waals surface area contributed by atoms with Crippen LogP contribution in [0.1, 0.15) is 25.0 Å². The van der Waals surface area contributed by atoms with E-state index in [-0.39, 0.29) is 0 Å². The summed E-state index contributed by atoms with van der Waals surface area (Å²) in [5.41, 5.74) is 3.53. The Morgan fingerprint density at radius 3 is 2.62 bits per heavy atom. The highest BCUT2D eigenvalue weighted by molar-refractivity contribution is 7.97. The molecule has 0 bridgehead atoms. The minimum atomic E-state index is 0.474. The van der Waals surface area contributed by atoms with E-state index in [0.29, 0.717) is 5.92 Å². The molecule has 0 aliphatic carbocycles. The zero-order valence-corrected chi connectivity index (χ0v) is 11.0. The van der Waals surface area contributed by atoms with Crippen molar-refractivity contribution in [2.75, 3.05) is 7.05 Å². The van der Waals surface area contributed by atoms with Crippen LogP contribution >= 0.6 is 11.9 Å². The van der Waals surface area contributed by atoms with Crippen molar-refractivity contribution in [1.29, 1.82) is 0 Å². The van der Waals surface area contributed by atoms with E-state index < -0.39 is 0 Å². The summed E-state index contributed by atoms with van der Waals surface area (Å²) in [5.74, 6) is 0.474. The number of allylic oxidation sites excluding steroid dienone is 1. The van der Waals surface area contributed by atoms with E-state index in [1.807, 2.05) is 13.1 Å². The molecule has 0 amide bonds. The first-order valence-corrected chi connectivity index (χ1v) is 6.21. The third-order valence-electron chi connectivity index (χ3n) is 2.51. The second-order valence-corrected chi connectivity index (χ2v) is 5.00. The van der Waals surface area contributed by atoms with Crippen LogP contribution in [0.15, 0.2) is 36.3 Å². The molecular formula is C14H19NS. The maximum Gasteiger partial charge on any atom is 0.0306 e. The van der Waals surface area contributed by atoms with Gasteiger partial charge in [0.2, 0.25) is 0 Å². The number of rotatable bonds is 5. The summed E-state index contributed by atoms with van der Waals surface area (Å²) in [6, 6.07) is 6.37. The van der Waals surface area contributed by atoms with Crippen molar-refractivity contribution in [3.8, 4) is 0 Å². The molecule has 0 aliphatic rings. The number of nitrogens with one attached hydrogen (secondary N) is 1. The van der Waals surface area contributed by atoms with Crippen molar-refractivity contribution in [2.24, 2.45) is 5.92 Å². The van der Waals surface area contributed by atoms with Crippen LogP contribution in [0.4, 0.5) is 0 Å². The van der Waals surface area contributed by atoms with E-state index in [2.05, 4.69) is 49.9 Å². The first-order valence-electron chi connectivity index (χ1n) is 5.39. The van der Waals surface area contributed by atoms with Gasteiger partial charge >= 0.3 is 0 Å². The van der Waals surface area contributed by atoms with Gasteiger partial charge in [-0.3, -0.25) is 4.72 Å². The number of benzene rings is 1. The average Bonchev–Trinajstić information content (AvgIpc) is 2.28. The Morgan fingerprint density at radius 1 is 1.44 bits per heavy atom. The molecule has 0 spiro atoms. The van der Waals surface area contributed by atoms with Crippen molar-refractivity contribution in [3.05, 3.63) is 42.5 Å². The second-order valence-electron chi connectivity index (χ2n) is 3.94. The molecule has 0 aromatic heterocycles. The van der Waals surface area contributed by atoms with E-state index in [4.69, 9.17) is 0 Å². The number of hydrogen-bond donors (Lipinski definition) is 1. The molecule has 0 saturated heterocycles. The third-order valence-corrected chi connectivity index (χ3v) is 3.29. The van der Waals surface area contributed by atoms with Gasteiger partial charge in [-0.25, -0.2) is 0 Å². The quantitative estimate of drug-likeness (QED) is 0.764. The fourth-order valence-electron chi connectivity index (χ4n) is 1.43. The normalized spacial score (nSPS) is 10.5. The summed E-state index contributed by atoms with van der Waals surface area (Å²) in [5, 5.41) is 0. The molecule has 16 heavy (non-hydrogen) atoms. The van der Waals surface area contributed by atoms with Gasteiger partial charge in [0.05, 0.1) is 0 Å². The third kappa shape index (κ3) is 3.00. The highest BCUT2D eigenvalue weighted by atomic mass is 32.2. The molecule has 0 saturated carbocycles. The van der Waals surface area contributed by atoms with E-state index in [9.17, 15) is 0 Å². The molecule has 0 radical (unpaired) electrons. The lowest BCUT2D eigenvalue weighted by atomic mass is 9.96. The van der Waals surface area contributed by atoms with Crippen LogP contribution in [0.5, 0.6) is 0 Å². The molecule has 1 aromatic rings. The Morgan fingerprint density at radius 2 is 2.12 bits per heavy atom. The first kappa shape index (κ1) is 13.1. The van der Waals surface area contributed by atoms with Gasteiger partial charge < -0.3 is 0 Å². The minimum absolute atomic E-state index is 0.474. The second kappa shape index (κ2) is 5.92. The Labute approximate surface area is 103 Å². The summed E-state index contributed by atoms with van der Waals surface area (Å²) < 4.78 is 3.09. The highest BCUT2D eigenvalue weighted by Crippen LogP contribution is 2.28. The van der Waals surface area contributed by atoms with E-state index in [1.54, 1.807) is 11.9 Å². The number of hydrogen-bond acceptors (Lipinski definition) is 2. The van der Waals surface area contributed by atoms with Crippen molar-refractivity contribution in [1.82, 2.24) is 4.72 Å². The smallest absolute Gasteiger partial charge is 0.0306 e. The predicted molar refractivity (Wildman–Crippen MR) is 75.3 cm³/mol. The molecule has 0 aliphatic heterocycles. The zero-order valence-electron chi connectivity index (χ0n) is 10.2. The Bertz CT molecular complexity index is 394.